The van der Waals surface area contributed by atoms with Crippen molar-refractivity contribution in [1.29, 1.82) is 0 Å². The van der Waals surface area contributed by atoms with Crippen LogP contribution in [0.25, 0.3) is 0 Å². The average Bonchev–Trinajstić information content (AvgIpc) is 2.62. The number of nitrogens with zero attached hydrogens (tertiary/aromatic N) is 3. The second kappa shape index (κ2) is 8.98. The van der Waals surface area contributed by atoms with Gasteiger partial charge in [0, 0.05) is 45.3 Å². The van der Waals surface area contributed by atoms with E-state index in [2.05, 4.69) is 52.8 Å². The third kappa shape index (κ3) is 5.30. The Kier molecular flexibility index (Phi) is 6.70. The van der Waals surface area contributed by atoms with Gasteiger partial charge in [-0.15, -0.1) is 0 Å². The van der Waals surface area contributed by atoms with Crippen LogP contribution < -0.4 is 0 Å². The molecule has 2 aliphatic heterocycles. The fourth-order valence-corrected chi connectivity index (χ4v) is 3.98. The van der Waals surface area contributed by atoms with Gasteiger partial charge in [0.1, 0.15) is 0 Å². The van der Waals surface area contributed by atoms with Crippen molar-refractivity contribution in [2.24, 2.45) is 0 Å². The van der Waals surface area contributed by atoms with Crippen molar-refractivity contribution in [1.82, 2.24) is 14.7 Å². The Morgan fingerprint density at radius 3 is 2.00 bits per heavy atom. The first-order valence-electron chi connectivity index (χ1n) is 9.97. The Morgan fingerprint density at radius 1 is 0.750 bits per heavy atom. The smallest absolute Gasteiger partial charge is 0.0234 e. The number of piperidine rings is 1. The maximum absolute atomic E-state index is 2.63. The monoisotopic (exact) mass is 329 g/mol. The number of likely N-dealkylation sites (tertiary alicyclic amines) is 1. The van der Waals surface area contributed by atoms with Crippen LogP contribution in [0.1, 0.15) is 44.2 Å². The molecule has 0 atom stereocenters. The number of hydrogen-bond acceptors (Lipinski definition) is 3. The minimum Gasteiger partial charge on any atom is -0.303 e. The predicted octanol–water partition coefficient (Wildman–Crippen LogP) is 3.24. The maximum atomic E-state index is 2.63. The lowest BCUT2D eigenvalue weighted by Gasteiger charge is -2.36. The first-order valence-corrected chi connectivity index (χ1v) is 9.97. The van der Waals surface area contributed by atoms with Crippen molar-refractivity contribution >= 4 is 0 Å². The van der Waals surface area contributed by atoms with Gasteiger partial charge in [-0.3, -0.25) is 9.80 Å². The largest absolute Gasteiger partial charge is 0.303 e. The van der Waals surface area contributed by atoms with Gasteiger partial charge in [0.25, 0.3) is 0 Å². The molecule has 3 rings (SSSR count). The number of benzene rings is 1. The van der Waals surface area contributed by atoms with E-state index in [1.165, 1.54) is 82.6 Å². The normalized spacial score (nSPS) is 21.5. The van der Waals surface area contributed by atoms with E-state index in [0.29, 0.717) is 6.04 Å². The third-order valence-corrected chi connectivity index (χ3v) is 5.73. The molecule has 3 heteroatoms. The minimum absolute atomic E-state index is 0.686. The van der Waals surface area contributed by atoms with Crippen molar-refractivity contribution in [3.63, 3.8) is 0 Å². The summed E-state index contributed by atoms with van der Waals surface area (Å²) in [5.74, 6) is 0. The lowest BCUT2D eigenvalue weighted by atomic mass is 10.1. The zero-order valence-corrected chi connectivity index (χ0v) is 15.7. The molecule has 2 saturated heterocycles. The number of rotatable bonds is 6. The molecule has 2 heterocycles. The van der Waals surface area contributed by atoms with Crippen LogP contribution >= 0.6 is 0 Å². The number of hydrogen-bond donors (Lipinski definition) is 0. The van der Waals surface area contributed by atoms with Gasteiger partial charge in [0.05, 0.1) is 0 Å². The van der Waals surface area contributed by atoms with E-state index in [1.54, 1.807) is 0 Å². The lowest BCUT2D eigenvalue weighted by molar-refractivity contribution is 0.104. The molecule has 0 aliphatic carbocycles. The summed E-state index contributed by atoms with van der Waals surface area (Å²) in [5.41, 5.74) is 2.96. The molecule has 0 bridgehead atoms. The highest BCUT2D eigenvalue weighted by molar-refractivity contribution is 5.22. The van der Waals surface area contributed by atoms with Crippen molar-refractivity contribution in [2.45, 2.75) is 52.1 Å². The molecule has 134 valence electrons. The molecule has 0 spiro atoms. The Balaban J connectivity index is 1.41. The van der Waals surface area contributed by atoms with E-state index in [9.17, 15) is 0 Å². The fourth-order valence-electron chi connectivity index (χ4n) is 3.98. The lowest BCUT2D eigenvalue weighted by Crippen LogP contribution is -2.48. The molecule has 24 heavy (non-hydrogen) atoms. The van der Waals surface area contributed by atoms with Crippen LogP contribution in [0.4, 0.5) is 0 Å². The summed E-state index contributed by atoms with van der Waals surface area (Å²) in [7, 11) is 0. The van der Waals surface area contributed by atoms with Gasteiger partial charge in [-0.2, -0.15) is 0 Å². The van der Waals surface area contributed by atoms with E-state index in [-0.39, 0.29) is 0 Å². The van der Waals surface area contributed by atoms with Crippen LogP contribution in [-0.4, -0.2) is 66.6 Å². The van der Waals surface area contributed by atoms with Gasteiger partial charge in [-0.1, -0.05) is 30.7 Å². The minimum atomic E-state index is 0.686. The van der Waals surface area contributed by atoms with Crippen LogP contribution in [0.15, 0.2) is 24.3 Å². The Bertz CT molecular complexity index is 468. The highest BCUT2D eigenvalue weighted by atomic mass is 15.3. The first-order chi connectivity index (χ1) is 11.7. The van der Waals surface area contributed by atoms with E-state index < -0.39 is 0 Å². The van der Waals surface area contributed by atoms with E-state index in [4.69, 9.17) is 0 Å². The second-order valence-corrected chi connectivity index (χ2v) is 7.87. The molecule has 1 aromatic rings. The molecule has 0 aromatic heterocycles. The van der Waals surface area contributed by atoms with Crippen molar-refractivity contribution in [2.75, 3.05) is 45.8 Å². The molecular weight excluding hydrogens is 294 g/mol. The van der Waals surface area contributed by atoms with Crippen LogP contribution in [0, 0.1) is 0 Å². The van der Waals surface area contributed by atoms with Crippen LogP contribution in [-0.2, 0) is 13.0 Å². The molecular formula is C21H35N3. The average molecular weight is 330 g/mol. The summed E-state index contributed by atoms with van der Waals surface area (Å²) >= 11 is 0. The fraction of sp³-hybridized carbons (Fsp3) is 0.714. The van der Waals surface area contributed by atoms with Crippen molar-refractivity contribution in [3.8, 4) is 0 Å². The SMILES string of the molecule is CC(C)N1CCN(Cc2ccc(CCN3CCCCC3)cc2)CC1. The second-order valence-electron chi connectivity index (χ2n) is 7.87. The van der Waals surface area contributed by atoms with Crippen LogP contribution in [0.3, 0.4) is 0 Å². The topological polar surface area (TPSA) is 9.72 Å². The van der Waals surface area contributed by atoms with Crippen LogP contribution in [0.2, 0.25) is 0 Å². The molecule has 0 N–H and O–H groups in total. The highest BCUT2D eigenvalue weighted by Gasteiger charge is 2.18. The van der Waals surface area contributed by atoms with Gasteiger partial charge in [-0.05, 0) is 57.3 Å². The van der Waals surface area contributed by atoms with Gasteiger partial charge in [-0.25, -0.2) is 0 Å². The predicted molar refractivity (Wildman–Crippen MR) is 102 cm³/mol. The van der Waals surface area contributed by atoms with Crippen molar-refractivity contribution < 1.29 is 0 Å². The van der Waals surface area contributed by atoms with E-state index in [0.717, 1.165) is 6.54 Å². The van der Waals surface area contributed by atoms with Gasteiger partial charge in [0.2, 0.25) is 0 Å². The van der Waals surface area contributed by atoms with Crippen molar-refractivity contribution in [3.05, 3.63) is 35.4 Å². The molecule has 3 nitrogen and oxygen atoms in total. The van der Waals surface area contributed by atoms with E-state index >= 15 is 0 Å². The Labute approximate surface area is 148 Å². The Morgan fingerprint density at radius 2 is 1.38 bits per heavy atom. The van der Waals surface area contributed by atoms with Gasteiger partial charge in [0.15, 0.2) is 0 Å². The quantitative estimate of drug-likeness (QED) is 0.793. The summed E-state index contributed by atoms with van der Waals surface area (Å²) in [4.78, 5) is 7.81. The molecule has 0 radical (unpaired) electrons. The van der Waals surface area contributed by atoms with E-state index in [1.807, 2.05) is 0 Å². The highest BCUT2D eigenvalue weighted by Crippen LogP contribution is 2.13. The summed E-state index contributed by atoms with van der Waals surface area (Å²) in [6, 6.07) is 10.1. The maximum Gasteiger partial charge on any atom is 0.0234 e. The summed E-state index contributed by atoms with van der Waals surface area (Å²) < 4.78 is 0. The Hall–Kier alpha value is -0.900. The zero-order valence-electron chi connectivity index (χ0n) is 15.7. The standard InChI is InChI=1S/C21H35N3/c1-19(2)24-16-14-23(15-17-24)18-21-8-6-20(7-9-21)10-13-22-11-4-3-5-12-22/h6-9,19H,3-5,10-18H2,1-2H3. The summed E-state index contributed by atoms with van der Waals surface area (Å²) in [6.07, 6.45) is 5.41. The third-order valence-electron chi connectivity index (χ3n) is 5.73. The summed E-state index contributed by atoms with van der Waals surface area (Å²) in [5, 5.41) is 0. The molecule has 2 fully saturated rings. The first kappa shape index (κ1) is 17.9. The molecule has 0 saturated carbocycles. The molecule has 0 unspecified atom stereocenters. The van der Waals surface area contributed by atoms with Gasteiger partial charge < -0.3 is 4.90 Å². The van der Waals surface area contributed by atoms with Crippen LogP contribution in [0.5, 0.6) is 0 Å². The van der Waals surface area contributed by atoms with Gasteiger partial charge >= 0.3 is 0 Å². The summed E-state index contributed by atoms with van der Waals surface area (Å²) in [6.45, 7) is 14.4. The molecule has 0 amide bonds. The molecule has 2 aliphatic rings. The number of piperazine rings is 1. The molecule has 1 aromatic carbocycles. The zero-order chi connectivity index (χ0) is 16.8.